The van der Waals surface area contributed by atoms with Crippen LogP contribution in [0.25, 0.3) is 0 Å². The normalized spacial score (nSPS) is 28.6. The number of rotatable bonds is 2. The zero-order valence-corrected chi connectivity index (χ0v) is 10.1. The molecule has 0 aromatic heterocycles. The Morgan fingerprint density at radius 1 is 1.47 bits per heavy atom. The monoisotopic (exact) mass is 270 g/mol. The quantitative estimate of drug-likeness (QED) is 0.613. The molecule has 80 valence electrons. The van der Waals surface area contributed by atoms with Gasteiger partial charge in [0.05, 0.1) is 0 Å². The van der Waals surface area contributed by atoms with Crippen molar-refractivity contribution in [2.45, 2.75) is 25.7 Å². The lowest BCUT2D eigenvalue weighted by Crippen LogP contribution is -2.19. The zero-order valence-electron chi connectivity index (χ0n) is 8.49. The van der Waals surface area contributed by atoms with E-state index in [1.54, 1.807) is 0 Å². The SMILES string of the molecule is CC(=O)O[C@]1(c2ccc(Br)cc2)O[C@H]1C. The third-order valence-electron chi connectivity index (χ3n) is 2.37. The van der Waals surface area contributed by atoms with Gasteiger partial charge in [0.15, 0.2) is 0 Å². The molecule has 0 radical (unpaired) electrons. The topological polar surface area (TPSA) is 38.8 Å². The Balaban J connectivity index is 2.28. The maximum atomic E-state index is 11.0. The summed E-state index contributed by atoms with van der Waals surface area (Å²) in [5.41, 5.74) is 0.869. The van der Waals surface area contributed by atoms with E-state index in [1.165, 1.54) is 6.92 Å². The lowest BCUT2D eigenvalue weighted by molar-refractivity contribution is -0.157. The third kappa shape index (κ3) is 1.92. The van der Waals surface area contributed by atoms with Crippen molar-refractivity contribution in [3.63, 3.8) is 0 Å². The van der Waals surface area contributed by atoms with Crippen LogP contribution in [0, 0.1) is 0 Å². The van der Waals surface area contributed by atoms with E-state index in [9.17, 15) is 4.79 Å². The van der Waals surface area contributed by atoms with Crippen LogP contribution in [0.4, 0.5) is 0 Å². The summed E-state index contributed by atoms with van der Waals surface area (Å²) in [5, 5.41) is 0. The molecule has 3 nitrogen and oxygen atoms in total. The Kier molecular flexibility index (Phi) is 2.56. The van der Waals surface area contributed by atoms with Gasteiger partial charge < -0.3 is 9.47 Å². The smallest absolute Gasteiger partial charge is 0.305 e. The number of carbonyl (C=O) groups excluding carboxylic acids is 1. The van der Waals surface area contributed by atoms with Gasteiger partial charge in [0.1, 0.15) is 6.10 Å². The summed E-state index contributed by atoms with van der Waals surface area (Å²) in [7, 11) is 0. The van der Waals surface area contributed by atoms with Gasteiger partial charge in [0.2, 0.25) is 0 Å². The van der Waals surface area contributed by atoms with E-state index >= 15 is 0 Å². The maximum absolute atomic E-state index is 11.0. The Labute approximate surface area is 96.5 Å². The Morgan fingerprint density at radius 2 is 2.00 bits per heavy atom. The van der Waals surface area contributed by atoms with Crippen LogP contribution in [0.2, 0.25) is 0 Å². The number of esters is 1. The number of hydrogen-bond acceptors (Lipinski definition) is 3. The molecular formula is C11H11BrO3. The molecular weight excluding hydrogens is 260 g/mol. The molecule has 0 aliphatic carbocycles. The number of hydrogen-bond donors (Lipinski definition) is 0. The van der Waals surface area contributed by atoms with E-state index in [-0.39, 0.29) is 12.1 Å². The van der Waals surface area contributed by atoms with Crippen LogP contribution in [0.5, 0.6) is 0 Å². The highest BCUT2D eigenvalue weighted by atomic mass is 79.9. The highest BCUT2D eigenvalue weighted by molar-refractivity contribution is 9.10. The van der Waals surface area contributed by atoms with Gasteiger partial charge in [-0.1, -0.05) is 28.1 Å². The van der Waals surface area contributed by atoms with Crippen LogP contribution in [-0.2, 0) is 20.1 Å². The number of halogens is 1. The minimum absolute atomic E-state index is 0.0809. The Morgan fingerprint density at radius 3 is 2.40 bits per heavy atom. The first-order chi connectivity index (χ1) is 7.04. The van der Waals surface area contributed by atoms with Gasteiger partial charge >= 0.3 is 5.97 Å². The highest BCUT2D eigenvalue weighted by Crippen LogP contribution is 2.47. The van der Waals surface area contributed by atoms with Gasteiger partial charge in [-0.3, -0.25) is 4.79 Å². The average molecular weight is 271 g/mol. The summed E-state index contributed by atoms with van der Waals surface area (Å²) in [6, 6.07) is 7.57. The molecule has 1 aromatic carbocycles. The van der Waals surface area contributed by atoms with E-state index in [4.69, 9.17) is 9.47 Å². The minimum Gasteiger partial charge on any atom is -0.426 e. The van der Waals surface area contributed by atoms with Crippen LogP contribution in [0.15, 0.2) is 28.7 Å². The minimum atomic E-state index is -0.855. The fraction of sp³-hybridized carbons (Fsp3) is 0.364. The second kappa shape index (κ2) is 3.61. The molecule has 1 aliphatic heterocycles. The molecule has 0 saturated carbocycles. The van der Waals surface area contributed by atoms with Crippen molar-refractivity contribution in [2.75, 3.05) is 0 Å². The third-order valence-corrected chi connectivity index (χ3v) is 2.90. The average Bonchev–Trinajstić information content (AvgIpc) is 2.77. The van der Waals surface area contributed by atoms with Crippen LogP contribution < -0.4 is 0 Å². The molecule has 0 spiro atoms. The standard InChI is InChI=1S/C11H11BrO3/c1-7-11(14-7,15-8(2)13)9-3-5-10(12)6-4-9/h3-7H,1-2H3/t7-,11+/m0/s1. The molecule has 1 aliphatic rings. The van der Waals surface area contributed by atoms with Crippen molar-refractivity contribution >= 4 is 21.9 Å². The van der Waals surface area contributed by atoms with E-state index in [1.807, 2.05) is 31.2 Å². The van der Waals surface area contributed by atoms with Crippen LogP contribution in [-0.4, -0.2) is 12.1 Å². The van der Waals surface area contributed by atoms with Crippen molar-refractivity contribution in [2.24, 2.45) is 0 Å². The first-order valence-electron chi connectivity index (χ1n) is 4.68. The summed E-state index contributed by atoms with van der Waals surface area (Å²) < 4.78 is 11.6. The summed E-state index contributed by atoms with van der Waals surface area (Å²) in [4.78, 5) is 11.0. The molecule has 1 saturated heterocycles. The van der Waals surface area contributed by atoms with Crippen LogP contribution in [0.3, 0.4) is 0 Å². The van der Waals surface area contributed by atoms with Gasteiger partial charge in [-0.15, -0.1) is 0 Å². The number of ether oxygens (including phenoxy) is 2. The lowest BCUT2D eigenvalue weighted by atomic mass is 10.1. The Hall–Kier alpha value is -0.870. The molecule has 1 fully saturated rings. The molecule has 0 bridgehead atoms. The molecule has 2 rings (SSSR count). The molecule has 0 unspecified atom stereocenters. The van der Waals surface area contributed by atoms with Crippen LogP contribution >= 0.6 is 15.9 Å². The first kappa shape index (κ1) is 10.6. The summed E-state index contributed by atoms with van der Waals surface area (Å²) in [6.07, 6.45) is -0.0809. The van der Waals surface area contributed by atoms with Gasteiger partial charge in [-0.2, -0.15) is 0 Å². The molecule has 0 N–H and O–H groups in total. The van der Waals surface area contributed by atoms with Gasteiger partial charge in [0, 0.05) is 17.0 Å². The zero-order chi connectivity index (χ0) is 11.1. The van der Waals surface area contributed by atoms with Crippen molar-refractivity contribution in [3.05, 3.63) is 34.3 Å². The summed E-state index contributed by atoms with van der Waals surface area (Å²) >= 11 is 3.35. The van der Waals surface area contributed by atoms with Crippen molar-refractivity contribution in [1.29, 1.82) is 0 Å². The van der Waals surface area contributed by atoms with Gasteiger partial charge in [0.25, 0.3) is 5.79 Å². The van der Waals surface area contributed by atoms with Crippen LogP contribution in [0.1, 0.15) is 19.4 Å². The summed E-state index contributed by atoms with van der Waals surface area (Å²) in [5.74, 6) is -1.19. The lowest BCUT2D eigenvalue weighted by Gasteiger charge is -2.12. The Bertz CT molecular complexity index is 387. The van der Waals surface area contributed by atoms with Gasteiger partial charge in [-0.25, -0.2) is 0 Å². The molecule has 2 atom stereocenters. The molecule has 15 heavy (non-hydrogen) atoms. The van der Waals surface area contributed by atoms with Crippen molar-refractivity contribution in [1.82, 2.24) is 0 Å². The van der Waals surface area contributed by atoms with E-state index < -0.39 is 5.79 Å². The molecule has 1 aromatic rings. The highest BCUT2D eigenvalue weighted by Gasteiger charge is 2.58. The van der Waals surface area contributed by atoms with Crippen molar-refractivity contribution < 1.29 is 14.3 Å². The predicted molar refractivity (Wildman–Crippen MR) is 58.1 cm³/mol. The molecule has 1 heterocycles. The molecule has 4 heteroatoms. The summed E-state index contributed by atoms with van der Waals surface area (Å²) in [6.45, 7) is 3.26. The maximum Gasteiger partial charge on any atom is 0.305 e. The second-order valence-electron chi connectivity index (χ2n) is 3.53. The first-order valence-corrected chi connectivity index (χ1v) is 5.47. The van der Waals surface area contributed by atoms with Gasteiger partial charge in [-0.05, 0) is 19.1 Å². The number of carbonyl (C=O) groups is 1. The fourth-order valence-corrected chi connectivity index (χ4v) is 1.86. The second-order valence-corrected chi connectivity index (χ2v) is 4.44. The predicted octanol–water partition coefficient (Wildman–Crippen LogP) is 2.58. The number of epoxide rings is 1. The molecule has 0 amide bonds. The fourth-order valence-electron chi connectivity index (χ4n) is 1.59. The van der Waals surface area contributed by atoms with Crippen molar-refractivity contribution in [3.8, 4) is 0 Å². The van der Waals surface area contributed by atoms with E-state index in [0.717, 1.165) is 10.0 Å². The number of benzene rings is 1. The van der Waals surface area contributed by atoms with E-state index in [0.29, 0.717) is 0 Å². The largest absolute Gasteiger partial charge is 0.426 e. The van der Waals surface area contributed by atoms with E-state index in [2.05, 4.69) is 15.9 Å².